The fraction of sp³-hybridized carbons (Fsp3) is 0.348. The lowest BCUT2D eigenvalue weighted by Crippen LogP contribution is -2.37. The first-order chi connectivity index (χ1) is 14.4. The van der Waals surface area contributed by atoms with Crippen molar-refractivity contribution >= 4 is 29.1 Å². The average Bonchev–Trinajstić information content (AvgIpc) is 3.23. The lowest BCUT2D eigenvalue weighted by molar-refractivity contribution is -0.133. The molecule has 30 heavy (non-hydrogen) atoms. The van der Waals surface area contributed by atoms with Gasteiger partial charge < -0.3 is 14.4 Å². The highest BCUT2D eigenvalue weighted by Crippen LogP contribution is 2.57. The highest BCUT2D eigenvalue weighted by Gasteiger charge is 2.60. The molecule has 1 amide bonds. The lowest BCUT2D eigenvalue weighted by Gasteiger charge is -2.25. The largest absolute Gasteiger partial charge is 0.347 e. The maximum absolute atomic E-state index is 13.6. The molecule has 4 rings (SSSR count). The maximum atomic E-state index is 13.6. The van der Waals surface area contributed by atoms with Crippen LogP contribution in [-0.2, 0) is 26.2 Å². The Morgan fingerprint density at radius 3 is 2.50 bits per heavy atom. The minimum atomic E-state index is -0.724. The van der Waals surface area contributed by atoms with E-state index >= 15 is 0 Å². The second-order valence-corrected chi connectivity index (χ2v) is 8.51. The Morgan fingerprint density at radius 1 is 1.13 bits per heavy atom. The summed E-state index contributed by atoms with van der Waals surface area (Å²) >= 11 is 12.3. The molecule has 0 unspecified atom stereocenters. The molecule has 1 saturated heterocycles. The zero-order valence-electron chi connectivity index (χ0n) is 16.5. The Balaban J connectivity index is 1.59. The number of hydrogen-bond acceptors (Lipinski definition) is 3. The molecule has 1 aliphatic heterocycles. The van der Waals surface area contributed by atoms with Crippen molar-refractivity contribution in [3.63, 3.8) is 0 Å². The number of nitrogens with zero attached hydrogens (tertiary/aromatic N) is 1. The number of allylic oxidation sites excluding steroid dienone is 1. The summed E-state index contributed by atoms with van der Waals surface area (Å²) in [4.78, 5) is 15.3. The summed E-state index contributed by atoms with van der Waals surface area (Å²) in [5.41, 5.74) is 0.964. The summed E-state index contributed by atoms with van der Waals surface area (Å²) in [6.45, 7) is 1.52. The van der Waals surface area contributed by atoms with Crippen LogP contribution in [0.3, 0.4) is 0 Å². The van der Waals surface area contributed by atoms with E-state index in [1.807, 2.05) is 18.2 Å². The van der Waals surface area contributed by atoms with Gasteiger partial charge in [0.2, 0.25) is 5.91 Å². The third-order valence-electron chi connectivity index (χ3n) is 5.66. The second-order valence-electron chi connectivity index (χ2n) is 7.69. The van der Waals surface area contributed by atoms with Crippen molar-refractivity contribution in [1.82, 2.24) is 4.90 Å². The van der Waals surface area contributed by atoms with Gasteiger partial charge in [0.15, 0.2) is 6.29 Å². The van der Waals surface area contributed by atoms with Gasteiger partial charge in [0, 0.05) is 13.6 Å². The van der Waals surface area contributed by atoms with Gasteiger partial charge in [-0.1, -0.05) is 47.5 Å². The quantitative estimate of drug-likeness (QED) is 0.583. The third-order valence-corrected chi connectivity index (χ3v) is 6.40. The third kappa shape index (κ3) is 4.26. The van der Waals surface area contributed by atoms with Gasteiger partial charge >= 0.3 is 0 Å². The monoisotopic (exact) mass is 449 g/mol. The van der Waals surface area contributed by atoms with Crippen LogP contribution in [0.4, 0.5) is 4.39 Å². The van der Waals surface area contributed by atoms with Gasteiger partial charge in [0.05, 0.1) is 28.7 Å². The van der Waals surface area contributed by atoms with Crippen LogP contribution >= 0.6 is 23.2 Å². The Morgan fingerprint density at radius 2 is 1.83 bits per heavy atom. The van der Waals surface area contributed by atoms with Crippen LogP contribution in [0.2, 0.25) is 10.0 Å². The molecular weight excluding hydrogens is 428 g/mol. The van der Waals surface area contributed by atoms with Crippen molar-refractivity contribution in [2.75, 3.05) is 20.3 Å². The number of halogens is 3. The van der Waals surface area contributed by atoms with Crippen molar-refractivity contribution in [3.05, 3.63) is 81.6 Å². The van der Waals surface area contributed by atoms with E-state index in [2.05, 4.69) is 0 Å². The molecule has 1 aliphatic carbocycles. The smallest absolute Gasteiger partial charge is 0.233 e. The van der Waals surface area contributed by atoms with Gasteiger partial charge in [-0.25, -0.2) is 4.39 Å². The number of benzene rings is 2. The molecule has 2 aliphatic rings. The molecule has 0 radical (unpaired) electrons. The average molecular weight is 450 g/mol. The Labute approximate surface area is 185 Å². The first kappa shape index (κ1) is 21.3. The summed E-state index contributed by atoms with van der Waals surface area (Å²) in [6, 6.07) is 11.5. The van der Waals surface area contributed by atoms with Crippen LogP contribution in [0.25, 0.3) is 0 Å². The summed E-state index contributed by atoms with van der Waals surface area (Å²) in [6.07, 6.45) is 4.14. The fourth-order valence-corrected chi connectivity index (χ4v) is 4.28. The highest BCUT2D eigenvalue weighted by molar-refractivity contribution is 6.42. The summed E-state index contributed by atoms with van der Waals surface area (Å²) in [7, 11) is 1.76. The first-order valence-corrected chi connectivity index (χ1v) is 10.5. The molecule has 0 aromatic heterocycles. The van der Waals surface area contributed by atoms with E-state index in [0.29, 0.717) is 36.2 Å². The van der Waals surface area contributed by atoms with Gasteiger partial charge in [-0.3, -0.25) is 4.79 Å². The van der Waals surface area contributed by atoms with Gasteiger partial charge in [-0.2, -0.15) is 0 Å². The van der Waals surface area contributed by atoms with Crippen LogP contribution in [0.5, 0.6) is 0 Å². The van der Waals surface area contributed by atoms with Crippen LogP contribution in [0.1, 0.15) is 17.5 Å². The zero-order chi connectivity index (χ0) is 21.3. The number of ether oxygens (including phenoxy) is 2. The number of hydrogen-bond donors (Lipinski definition) is 0. The van der Waals surface area contributed by atoms with Crippen LogP contribution in [0, 0.1) is 11.7 Å². The van der Waals surface area contributed by atoms with E-state index in [1.165, 1.54) is 12.1 Å². The lowest BCUT2D eigenvalue weighted by atomic mass is 9.91. The second kappa shape index (κ2) is 8.67. The van der Waals surface area contributed by atoms with Gasteiger partial charge in [0.1, 0.15) is 5.82 Å². The van der Waals surface area contributed by atoms with Crippen LogP contribution in [-0.4, -0.2) is 37.4 Å². The molecule has 2 fully saturated rings. The molecule has 1 heterocycles. The highest BCUT2D eigenvalue weighted by atomic mass is 35.5. The molecule has 7 heteroatoms. The van der Waals surface area contributed by atoms with Crippen molar-refractivity contribution in [3.8, 4) is 0 Å². The topological polar surface area (TPSA) is 38.8 Å². The Bertz CT molecular complexity index is 959. The van der Waals surface area contributed by atoms with Crippen molar-refractivity contribution in [2.24, 2.45) is 5.92 Å². The van der Waals surface area contributed by atoms with Crippen molar-refractivity contribution < 1.29 is 18.7 Å². The van der Waals surface area contributed by atoms with E-state index in [4.69, 9.17) is 32.7 Å². The van der Waals surface area contributed by atoms with E-state index in [0.717, 1.165) is 11.1 Å². The molecule has 2 aromatic rings. The standard InChI is InChI=1S/C23H22Cl2FNO3/c1-27(14-15-2-6-18(26)7-3-15)22(28)23(16-4-8-19(24)20(25)12-16)13-17(23)5-9-21-29-10-11-30-21/h2-9,12,17,21H,10-11,13-14H2,1H3/t17-,23-/m1/s1. The Kier molecular flexibility index (Phi) is 6.16. The number of rotatable bonds is 6. The van der Waals surface area contributed by atoms with Crippen LogP contribution < -0.4 is 0 Å². The van der Waals surface area contributed by atoms with E-state index in [9.17, 15) is 9.18 Å². The predicted octanol–water partition coefficient (Wildman–Crippen LogP) is 4.98. The zero-order valence-corrected chi connectivity index (χ0v) is 18.0. The minimum Gasteiger partial charge on any atom is -0.347 e. The van der Waals surface area contributed by atoms with Gasteiger partial charge in [-0.05, 0) is 53.8 Å². The summed E-state index contributed by atoms with van der Waals surface area (Å²) in [5.74, 6) is -0.331. The molecule has 1 saturated carbocycles. The van der Waals surface area contributed by atoms with E-state index < -0.39 is 5.41 Å². The van der Waals surface area contributed by atoms with Crippen molar-refractivity contribution in [1.29, 1.82) is 0 Å². The van der Waals surface area contributed by atoms with E-state index in [-0.39, 0.29) is 23.9 Å². The van der Waals surface area contributed by atoms with Gasteiger partial charge in [-0.15, -0.1) is 0 Å². The predicted molar refractivity (Wildman–Crippen MR) is 114 cm³/mol. The molecule has 0 bridgehead atoms. The van der Waals surface area contributed by atoms with Crippen LogP contribution in [0.15, 0.2) is 54.6 Å². The Hall–Kier alpha value is -1.92. The SMILES string of the molecule is CN(Cc1ccc(F)cc1)C(=O)[C@@]1(c2ccc(Cl)c(Cl)c2)C[C@H]1C=CC1OCCO1. The number of amides is 1. The molecule has 158 valence electrons. The fourth-order valence-electron chi connectivity index (χ4n) is 3.98. The summed E-state index contributed by atoms with van der Waals surface area (Å²) in [5, 5.41) is 0.864. The molecule has 2 atom stereocenters. The number of carbonyl (C=O) groups excluding carboxylic acids is 1. The maximum Gasteiger partial charge on any atom is 0.233 e. The first-order valence-electron chi connectivity index (χ1n) is 9.77. The molecule has 2 aromatic carbocycles. The minimum absolute atomic E-state index is 0.00860. The normalized spacial score (nSPS) is 23.8. The molecule has 0 spiro atoms. The van der Waals surface area contributed by atoms with E-state index in [1.54, 1.807) is 36.2 Å². The summed E-state index contributed by atoms with van der Waals surface area (Å²) < 4.78 is 24.1. The number of likely N-dealkylation sites (N-methyl/N-ethyl adjacent to an activating group) is 1. The molecular formula is C23H22Cl2FNO3. The van der Waals surface area contributed by atoms with Crippen molar-refractivity contribution in [2.45, 2.75) is 24.7 Å². The van der Waals surface area contributed by atoms with Gasteiger partial charge in [0.25, 0.3) is 0 Å². The molecule has 0 N–H and O–H groups in total. The molecule has 4 nitrogen and oxygen atoms in total. The number of carbonyl (C=O) groups is 1.